The number of carbonyl (C=O) groups excluding carboxylic acids is 1. The molecule has 0 N–H and O–H groups in total. The van der Waals surface area contributed by atoms with Gasteiger partial charge in [0.05, 0.1) is 10.5 Å². The highest BCUT2D eigenvalue weighted by Gasteiger charge is 2.36. The molecule has 2 aliphatic heterocycles. The molecule has 0 saturated carbocycles. The number of nitrogens with zero attached hydrogens (tertiary/aromatic N) is 3. The number of hydrogen-bond donors (Lipinski definition) is 0. The maximum Gasteiger partial charge on any atom is 0.417 e. The van der Waals surface area contributed by atoms with Gasteiger partial charge >= 0.3 is 6.18 Å². The van der Waals surface area contributed by atoms with Gasteiger partial charge in [0, 0.05) is 44.0 Å². The predicted octanol–water partition coefficient (Wildman–Crippen LogP) is 3.41. The van der Waals surface area contributed by atoms with E-state index in [4.69, 9.17) is 0 Å². The molecule has 1 aromatic heterocycles. The minimum Gasteiger partial charge on any atom is -0.349 e. The number of anilines is 1. The Labute approximate surface area is 143 Å². The van der Waals surface area contributed by atoms with Crippen LogP contribution in [-0.4, -0.2) is 47.2 Å². The maximum absolute atomic E-state index is 12.9. The molecule has 0 radical (unpaired) electrons. The normalized spacial score (nSPS) is 21.1. The van der Waals surface area contributed by atoms with Crippen molar-refractivity contribution in [1.82, 2.24) is 9.88 Å². The number of amides is 1. The van der Waals surface area contributed by atoms with Crippen LogP contribution in [0.4, 0.5) is 19.0 Å². The Balaban J connectivity index is 1.82. The third-order valence-electron chi connectivity index (χ3n) is 4.44. The number of halogens is 3. The summed E-state index contributed by atoms with van der Waals surface area (Å²) in [5, 5.41) is 0. The number of rotatable bonds is 2. The van der Waals surface area contributed by atoms with Crippen molar-refractivity contribution in [3.05, 3.63) is 17.8 Å². The quantitative estimate of drug-likeness (QED) is 0.811. The van der Waals surface area contributed by atoms with Crippen molar-refractivity contribution < 1.29 is 18.0 Å². The van der Waals surface area contributed by atoms with Crippen molar-refractivity contribution in [2.75, 3.05) is 30.3 Å². The minimum absolute atomic E-state index is 0.123. The molecule has 1 fully saturated rings. The van der Waals surface area contributed by atoms with Gasteiger partial charge in [-0.2, -0.15) is 13.2 Å². The monoisotopic (exact) mass is 359 g/mol. The summed E-state index contributed by atoms with van der Waals surface area (Å²) in [5.74, 6) is 1.51. The summed E-state index contributed by atoms with van der Waals surface area (Å²) in [7, 11) is 0. The van der Waals surface area contributed by atoms with Gasteiger partial charge in [-0.05, 0) is 18.9 Å². The highest BCUT2D eigenvalue weighted by atomic mass is 32.2. The highest BCUT2D eigenvalue weighted by Crippen LogP contribution is 2.39. The van der Waals surface area contributed by atoms with Gasteiger partial charge in [-0.3, -0.25) is 4.79 Å². The smallest absolute Gasteiger partial charge is 0.349 e. The van der Waals surface area contributed by atoms with Crippen LogP contribution in [0.1, 0.15) is 31.7 Å². The number of carbonyl (C=O) groups is 1. The average Bonchev–Trinajstić information content (AvgIpc) is 2.72. The molecule has 0 spiro atoms. The van der Waals surface area contributed by atoms with E-state index in [0.29, 0.717) is 36.8 Å². The lowest BCUT2D eigenvalue weighted by atomic mass is 10.1. The molecular formula is C16H20F3N3OS. The first kappa shape index (κ1) is 17.4. The predicted molar refractivity (Wildman–Crippen MR) is 87.2 cm³/mol. The summed E-state index contributed by atoms with van der Waals surface area (Å²) in [5.41, 5.74) is -0.705. The molecule has 1 atom stereocenters. The summed E-state index contributed by atoms with van der Waals surface area (Å²) in [4.78, 5) is 20.8. The third-order valence-corrected chi connectivity index (χ3v) is 5.49. The molecule has 1 saturated heterocycles. The topological polar surface area (TPSA) is 36.4 Å². The number of pyridine rings is 1. The van der Waals surface area contributed by atoms with Crippen LogP contribution in [0.2, 0.25) is 0 Å². The molecule has 8 heteroatoms. The van der Waals surface area contributed by atoms with Crippen molar-refractivity contribution in [1.29, 1.82) is 0 Å². The summed E-state index contributed by atoms with van der Waals surface area (Å²) in [6.07, 6.45) is -1.26. The number of fused-ring (bicyclic) bond motifs is 3. The van der Waals surface area contributed by atoms with Crippen LogP contribution in [-0.2, 0) is 11.0 Å². The van der Waals surface area contributed by atoms with E-state index in [9.17, 15) is 18.0 Å². The molecule has 0 unspecified atom stereocenters. The number of alkyl halides is 3. The zero-order valence-electron chi connectivity index (χ0n) is 13.5. The molecule has 4 nitrogen and oxygen atoms in total. The number of aromatic nitrogens is 1. The zero-order chi connectivity index (χ0) is 17.3. The Morgan fingerprint density at radius 2 is 2.21 bits per heavy atom. The molecule has 3 rings (SSSR count). The van der Waals surface area contributed by atoms with E-state index in [2.05, 4.69) is 9.88 Å². The molecule has 1 amide bonds. The molecule has 24 heavy (non-hydrogen) atoms. The maximum atomic E-state index is 12.9. The molecule has 0 aromatic carbocycles. The van der Waals surface area contributed by atoms with Gasteiger partial charge in [-0.1, -0.05) is 6.92 Å². The molecule has 3 heterocycles. The second kappa shape index (κ2) is 6.82. The number of piperazine rings is 1. The van der Waals surface area contributed by atoms with E-state index in [-0.39, 0.29) is 11.9 Å². The van der Waals surface area contributed by atoms with Crippen molar-refractivity contribution in [2.24, 2.45) is 0 Å². The fourth-order valence-corrected chi connectivity index (χ4v) is 4.32. The summed E-state index contributed by atoms with van der Waals surface area (Å²) in [6, 6.07) is 1.32. The van der Waals surface area contributed by atoms with Gasteiger partial charge in [0.25, 0.3) is 0 Å². The second-order valence-corrected chi connectivity index (χ2v) is 7.25. The number of hydrogen-bond acceptors (Lipinski definition) is 4. The average molecular weight is 359 g/mol. The molecule has 2 aliphatic rings. The molecule has 1 aromatic rings. The van der Waals surface area contributed by atoms with E-state index >= 15 is 0 Å². The Hall–Kier alpha value is -1.44. The SMILES string of the molecule is CCCC(=O)N1CCN2c3ncc(C(F)(F)F)cc3SCC[C@H]2C1. The summed E-state index contributed by atoms with van der Waals surface area (Å²) < 4.78 is 38.7. The molecule has 0 aliphatic carbocycles. The van der Waals surface area contributed by atoms with Gasteiger partial charge in [0.1, 0.15) is 5.82 Å². The van der Waals surface area contributed by atoms with Crippen LogP contribution in [0.25, 0.3) is 0 Å². The Kier molecular flexibility index (Phi) is 4.94. The lowest BCUT2D eigenvalue weighted by Gasteiger charge is -2.41. The molecule has 132 valence electrons. The van der Waals surface area contributed by atoms with E-state index in [1.807, 2.05) is 11.8 Å². The van der Waals surface area contributed by atoms with Gasteiger partial charge < -0.3 is 9.80 Å². The lowest BCUT2D eigenvalue weighted by Crippen LogP contribution is -2.55. The van der Waals surface area contributed by atoms with Crippen molar-refractivity contribution in [3.63, 3.8) is 0 Å². The van der Waals surface area contributed by atoms with Crippen LogP contribution < -0.4 is 4.90 Å². The van der Waals surface area contributed by atoms with Crippen molar-refractivity contribution in [2.45, 2.75) is 43.3 Å². The van der Waals surface area contributed by atoms with Crippen LogP contribution in [0, 0.1) is 0 Å². The molecular weight excluding hydrogens is 339 g/mol. The largest absolute Gasteiger partial charge is 0.417 e. The first-order chi connectivity index (χ1) is 11.4. The van der Waals surface area contributed by atoms with Crippen LogP contribution in [0.5, 0.6) is 0 Å². The zero-order valence-corrected chi connectivity index (χ0v) is 14.3. The van der Waals surface area contributed by atoms with Gasteiger partial charge in [-0.15, -0.1) is 11.8 Å². The van der Waals surface area contributed by atoms with Crippen LogP contribution in [0.3, 0.4) is 0 Å². The van der Waals surface area contributed by atoms with Gasteiger partial charge in [-0.25, -0.2) is 4.98 Å². The Bertz CT molecular complexity index is 623. The van der Waals surface area contributed by atoms with E-state index < -0.39 is 11.7 Å². The van der Waals surface area contributed by atoms with Gasteiger partial charge in [0.2, 0.25) is 5.91 Å². The Morgan fingerprint density at radius 3 is 2.92 bits per heavy atom. The third kappa shape index (κ3) is 3.48. The van der Waals surface area contributed by atoms with E-state index in [1.54, 1.807) is 0 Å². The van der Waals surface area contributed by atoms with Crippen LogP contribution >= 0.6 is 11.8 Å². The fourth-order valence-electron chi connectivity index (χ4n) is 3.20. The van der Waals surface area contributed by atoms with Crippen molar-refractivity contribution in [3.8, 4) is 0 Å². The lowest BCUT2D eigenvalue weighted by molar-refractivity contribution is -0.138. The van der Waals surface area contributed by atoms with Gasteiger partial charge in [0.15, 0.2) is 0 Å². The minimum atomic E-state index is -4.38. The number of thioether (sulfide) groups is 1. The first-order valence-electron chi connectivity index (χ1n) is 8.14. The van der Waals surface area contributed by atoms with E-state index in [1.165, 1.54) is 17.8 Å². The highest BCUT2D eigenvalue weighted by molar-refractivity contribution is 7.99. The fraction of sp³-hybridized carbons (Fsp3) is 0.625. The molecule has 0 bridgehead atoms. The van der Waals surface area contributed by atoms with Crippen molar-refractivity contribution >= 4 is 23.5 Å². The summed E-state index contributed by atoms with van der Waals surface area (Å²) >= 11 is 1.42. The standard InChI is InChI=1S/C16H20F3N3OS/c1-2-3-14(23)21-5-6-22-12(10-21)4-7-24-13-8-11(16(17,18)19)9-20-15(13)22/h8-9,12H,2-7,10H2,1H3/t12-/m0/s1. The first-order valence-corrected chi connectivity index (χ1v) is 9.13. The summed E-state index contributed by atoms with van der Waals surface area (Å²) in [6.45, 7) is 3.82. The Morgan fingerprint density at radius 1 is 1.42 bits per heavy atom. The van der Waals surface area contributed by atoms with Crippen LogP contribution in [0.15, 0.2) is 17.2 Å². The van der Waals surface area contributed by atoms with E-state index in [0.717, 1.165) is 24.8 Å². The second-order valence-electron chi connectivity index (χ2n) is 6.12.